The summed E-state index contributed by atoms with van der Waals surface area (Å²) in [4.78, 5) is 128. The van der Waals surface area contributed by atoms with Gasteiger partial charge in [-0.25, -0.2) is 4.79 Å². The van der Waals surface area contributed by atoms with Crippen LogP contribution in [-0.2, 0) is 54.4 Å². The Bertz CT molecular complexity index is 1750. The van der Waals surface area contributed by atoms with E-state index >= 15 is 0 Å². The Kier molecular flexibility index (Phi) is 24.6. The third-order valence-electron chi connectivity index (χ3n) is 9.82. The smallest absolute Gasteiger partial charge is 0.326 e. The van der Waals surface area contributed by atoms with Gasteiger partial charge in [0.05, 0.1) is 12.6 Å². The van der Waals surface area contributed by atoms with Crippen LogP contribution in [0.2, 0.25) is 0 Å². The Morgan fingerprint density at radius 2 is 1.11 bits per heavy atom. The molecule has 352 valence electrons. The maximum atomic E-state index is 13.8. The Balaban J connectivity index is 3.22. The van der Waals surface area contributed by atoms with Crippen molar-refractivity contribution in [2.24, 2.45) is 23.5 Å². The molecule has 0 saturated heterocycles. The van der Waals surface area contributed by atoms with Crippen molar-refractivity contribution in [2.45, 2.75) is 129 Å². The van der Waals surface area contributed by atoms with Crippen LogP contribution in [0.4, 0.5) is 0 Å². The molecule has 0 heterocycles. The van der Waals surface area contributed by atoms with E-state index in [1.165, 1.54) is 0 Å². The van der Waals surface area contributed by atoms with E-state index in [9.17, 15) is 63.3 Å². The molecule has 0 aliphatic rings. The van der Waals surface area contributed by atoms with Gasteiger partial charge in [0.2, 0.25) is 41.4 Å². The standard InChI is InChI=1S/C41H64N8O13S/c1-7-23(6)34(40(60)46-28(41(61)62)18-24-11-9-8-10-12-24)49-38(58)27(14-16-32(53)54)44-37(57)26(13-15-31(51)52)45-39(59)33(22(4)5)48-30(50)19-43-36(56)29(20-63)47-35(55)25(42)17-21(2)3/h8-12,21-23,25-29,33-34,63H,7,13-20,42H2,1-6H3,(H,43,56)(H,44,57)(H,45,59)(H,46,60)(H,47,55)(H,48,50)(H,49,58)(H,51,52)(H,53,54)(H,61,62)/t23-,25-,26-,27-,28-,29-,33-,34-/m0/s1. The monoisotopic (exact) mass is 908 g/mol. The van der Waals surface area contributed by atoms with Crippen molar-refractivity contribution >= 4 is 71.9 Å². The molecule has 21 nitrogen and oxygen atoms in total. The SMILES string of the molecule is CC[C@H](C)[C@H](NC(=O)[C@H](CCC(=O)O)NC(=O)[C@H](CCC(=O)O)NC(=O)[C@@H](NC(=O)CNC(=O)[C@H](CS)NC(=O)[C@@H](N)CC(C)C)C(C)C)C(=O)N[C@@H](Cc1ccccc1)C(=O)O. The van der Waals surface area contributed by atoms with Gasteiger partial charge in [0, 0.05) is 25.0 Å². The second-order valence-corrected chi connectivity index (χ2v) is 16.3. The number of aliphatic carboxylic acids is 3. The van der Waals surface area contributed by atoms with Crippen molar-refractivity contribution in [3.8, 4) is 0 Å². The van der Waals surface area contributed by atoms with Gasteiger partial charge in [0.1, 0.15) is 36.3 Å². The fourth-order valence-electron chi connectivity index (χ4n) is 6.01. The summed E-state index contributed by atoms with van der Waals surface area (Å²) >= 11 is 4.10. The zero-order valence-electron chi connectivity index (χ0n) is 36.5. The first-order valence-corrected chi connectivity index (χ1v) is 21.3. The van der Waals surface area contributed by atoms with Crippen LogP contribution in [0.3, 0.4) is 0 Å². The number of nitrogens with one attached hydrogen (secondary N) is 7. The van der Waals surface area contributed by atoms with Gasteiger partial charge in [-0.05, 0) is 42.6 Å². The maximum Gasteiger partial charge on any atom is 0.326 e. The lowest BCUT2D eigenvalue weighted by molar-refractivity contribution is -0.142. The number of nitrogens with two attached hydrogens (primary N) is 1. The molecule has 8 atom stereocenters. The number of carboxylic acids is 3. The number of hydrogen-bond donors (Lipinski definition) is 12. The number of rotatable bonds is 29. The molecule has 63 heavy (non-hydrogen) atoms. The summed E-state index contributed by atoms with van der Waals surface area (Å²) < 4.78 is 0. The predicted octanol–water partition coefficient (Wildman–Crippen LogP) is -0.926. The average Bonchev–Trinajstić information content (AvgIpc) is 3.21. The van der Waals surface area contributed by atoms with E-state index in [4.69, 9.17) is 5.73 Å². The zero-order valence-corrected chi connectivity index (χ0v) is 37.4. The van der Waals surface area contributed by atoms with E-state index in [2.05, 4.69) is 49.8 Å². The van der Waals surface area contributed by atoms with Crippen molar-refractivity contribution in [1.29, 1.82) is 0 Å². The molecule has 0 saturated carbocycles. The molecular weight excluding hydrogens is 845 g/mol. The van der Waals surface area contributed by atoms with Crippen LogP contribution >= 0.6 is 12.6 Å². The molecule has 1 aromatic rings. The highest BCUT2D eigenvalue weighted by Crippen LogP contribution is 2.13. The van der Waals surface area contributed by atoms with E-state index in [0.717, 1.165) is 0 Å². The molecule has 0 radical (unpaired) electrons. The Morgan fingerprint density at radius 3 is 1.59 bits per heavy atom. The lowest BCUT2D eigenvalue weighted by Gasteiger charge is -2.29. The molecule has 0 fully saturated rings. The summed E-state index contributed by atoms with van der Waals surface area (Å²) in [5, 5.41) is 45.7. The number of amides is 7. The molecule has 22 heteroatoms. The molecule has 0 spiro atoms. The molecule has 0 aromatic heterocycles. The van der Waals surface area contributed by atoms with Crippen LogP contribution < -0.4 is 43.0 Å². The molecule has 1 aromatic carbocycles. The number of hydrogen-bond acceptors (Lipinski definition) is 12. The van der Waals surface area contributed by atoms with Crippen molar-refractivity contribution in [3.63, 3.8) is 0 Å². The fourth-order valence-corrected chi connectivity index (χ4v) is 6.27. The average molecular weight is 909 g/mol. The van der Waals surface area contributed by atoms with Gasteiger partial charge in [0.15, 0.2) is 0 Å². The normalized spacial score (nSPS) is 14.9. The summed E-state index contributed by atoms with van der Waals surface area (Å²) in [6.45, 7) is 9.54. The topological polar surface area (TPSA) is 342 Å². The Morgan fingerprint density at radius 1 is 0.619 bits per heavy atom. The summed E-state index contributed by atoms with van der Waals surface area (Å²) in [5.74, 6) is -11.4. The second kappa shape index (κ2) is 28.0. The molecule has 0 aliphatic carbocycles. The van der Waals surface area contributed by atoms with E-state index < -0.39 is 146 Å². The molecule has 7 amide bonds. The highest BCUT2D eigenvalue weighted by molar-refractivity contribution is 7.80. The minimum atomic E-state index is -1.64. The number of carboxylic acid groups (broad SMARTS) is 3. The second-order valence-electron chi connectivity index (χ2n) is 15.9. The van der Waals surface area contributed by atoms with Crippen LogP contribution in [0, 0.1) is 17.8 Å². The number of carbonyl (C=O) groups is 10. The summed E-state index contributed by atoms with van der Waals surface area (Å²) in [6.07, 6.45) is -1.70. The van der Waals surface area contributed by atoms with Gasteiger partial charge in [-0.3, -0.25) is 43.2 Å². The number of carbonyl (C=O) groups excluding carboxylic acids is 7. The molecular formula is C41H64N8O13S. The minimum absolute atomic E-state index is 0.0752. The molecule has 1 rings (SSSR count). The number of thiol groups is 1. The minimum Gasteiger partial charge on any atom is -0.481 e. The first-order valence-electron chi connectivity index (χ1n) is 20.7. The zero-order chi connectivity index (χ0) is 48.0. The lowest BCUT2D eigenvalue weighted by Crippen LogP contribution is -2.60. The fraction of sp³-hybridized carbons (Fsp3) is 0.610. The third-order valence-corrected chi connectivity index (χ3v) is 10.2. The van der Waals surface area contributed by atoms with E-state index in [1.807, 2.05) is 13.8 Å². The van der Waals surface area contributed by atoms with Gasteiger partial charge < -0.3 is 58.3 Å². The third kappa shape index (κ3) is 20.8. The molecule has 0 bridgehead atoms. The van der Waals surface area contributed by atoms with Crippen LogP contribution in [0.5, 0.6) is 0 Å². The predicted molar refractivity (Wildman–Crippen MR) is 232 cm³/mol. The van der Waals surface area contributed by atoms with E-state index in [0.29, 0.717) is 18.4 Å². The summed E-state index contributed by atoms with van der Waals surface area (Å²) in [6, 6.07) is -0.888. The summed E-state index contributed by atoms with van der Waals surface area (Å²) in [7, 11) is 0. The highest BCUT2D eigenvalue weighted by atomic mass is 32.1. The van der Waals surface area contributed by atoms with E-state index in [-0.39, 0.29) is 18.1 Å². The molecule has 12 N–H and O–H groups in total. The van der Waals surface area contributed by atoms with Crippen molar-refractivity contribution in [2.75, 3.05) is 12.3 Å². The molecule has 0 unspecified atom stereocenters. The summed E-state index contributed by atoms with van der Waals surface area (Å²) in [5.41, 5.74) is 6.51. The first kappa shape index (κ1) is 55.2. The van der Waals surface area contributed by atoms with Gasteiger partial charge in [-0.15, -0.1) is 0 Å². The van der Waals surface area contributed by atoms with Crippen LogP contribution in [-0.4, -0.2) is 129 Å². The van der Waals surface area contributed by atoms with Crippen molar-refractivity contribution in [3.05, 3.63) is 35.9 Å². The molecule has 0 aliphatic heterocycles. The van der Waals surface area contributed by atoms with E-state index in [1.54, 1.807) is 58.0 Å². The first-order chi connectivity index (χ1) is 29.5. The van der Waals surface area contributed by atoms with Gasteiger partial charge >= 0.3 is 17.9 Å². The lowest BCUT2D eigenvalue weighted by atomic mass is 9.96. The van der Waals surface area contributed by atoms with Gasteiger partial charge in [0.25, 0.3) is 0 Å². The van der Waals surface area contributed by atoms with Crippen LogP contribution in [0.1, 0.15) is 85.6 Å². The Hall–Kier alpha value is -5.77. The quantitative estimate of drug-likeness (QED) is 0.0433. The Labute approximate surface area is 372 Å². The van der Waals surface area contributed by atoms with Gasteiger partial charge in [-0.1, -0.05) is 78.3 Å². The number of benzene rings is 1. The highest BCUT2D eigenvalue weighted by Gasteiger charge is 2.35. The van der Waals surface area contributed by atoms with Gasteiger partial charge in [-0.2, -0.15) is 12.6 Å². The van der Waals surface area contributed by atoms with Crippen molar-refractivity contribution in [1.82, 2.24) is 37.2 Å². The van der Waals surface area contributed by atoms with Crippen molar-refractivity contribution < 1.29 is 63.3 Å². The largest absolute Gasteiger partial charge is 0.481 e. The van der Waals surface area contributed by atoms with Crippen LogP contribution in [0.25, 0.3) is 0 Å². The van der Waals surface area contributed by atoms with Crippen LogP contribution in [0.15, 0.2) is 30.3 Å². The maximum absolute atomic E-state index is 13.8.